The van der Waals surface area contributed by atoms with E-state index >= 15 is 0 Å². The second-order valence-electron chi connectivity index (χ2n) is 7.92. The molecule has 1 fully saturated rings. The van der Waals surface area contributed by atoms with Gasteiger partial charge in [0, 0.05) is 26.3 Å². The minimum atomic E-state index is 0.158. The van der Waals surface area contributed by atoms with Gasteiger partial charge in [-0.2, -0.15) is 0 Å². The first kappa shape index (κ1) is 21.2. The summed E-state index contributed by atoms with van der Waals surface area (Å²) in [7, 11) is 3.79. The van der Waals surface area contributed by atoms with Gasteiger partial charge in [0.25, 0.3) is 0 Å². The van der Waals surface area contributed by atoms with Gasteiger partial charge in [-0.25, -0.2) is 0 Å². The molecule has 0 aromatic heterocycles. The highest BCUT2D eigenvalue weighted by molar-refractivity contribution is 5.63. The monoisotopic (exact) mass is 418 g/mol. The van der Waals surface area contributed by atoms with Crippen LogP contribution in [0, 0.1) is 5.92 Å². The number of ether oxygens (including phenoxy) is 2. The van der Waals surface area contributed by atoms with Crippen molar-refractivity contribution in [2.75, 3.05) is 32.2 Å². The molecule has 1 heterocycles. The Bertz CT molecular complexity index is 965. The molecular weight excluding hydrogens is 388 g/mol. The molecule has 162 valence electrons. The van der Waals surface area contributed by atoms with Gasteiger partial charge in [0.1, 0.15) is 17.2 Å². The Morgan fingerprint density at radius 2 is 1.68 bits per heavy atom. The third-order valence-corrected chi connectivity index (χ3v) is 6.04. The summed E-state index contributed by atoms with van der Waals surface area (Å²) in [5.41, 5.74) is 2.21. The Balaban J connectivity index is 1.67. The zero-order valence-corrected chi connectivity index (χ0v) is 18.1. The van der Waals surface area contributed by atoms with Crippen molar-refractivity contribution in [3.8, 4) is 17.2 Å². The zero-order valence-electron chi connectivity index (χ0n) is 18.1. The molecule has 3 aromatic carbocycles. The summed E-state index contributed by atoms with van der Waals surface area (Å²) < 4.78 is 11.8. The molecule has 3 aromatic rings. The fourth-order valence-electron chi connectivity index (χ4n) is 4.54. The molecule has 4 rings (SSSR count). The van der Waals surface area contributed by atoms with Crippen LogP contribution in [0.15, 0.2) is 78.9 Å². The minimum Gasteiger partial charge on any atom is -0.495 e. The lowest BCUT2D eigenvalue weighted by Crippen LogP contribution is -2.40. The summed E-state index contributed by atoms with van der Waals surface area (Å²) in [6.07, 6.45) is 0.744. The minimum absolute atomic E-state index is 0.158. The number of aliphatic hydroxyl groups excluding tert-OH is 1. The average Bonchev–Trinajstić information content (AvgIpc) is 3.24. The Kier molecular flexibility index (Phi) is 6.75. The number of anilines is 1. The molecule has 0 saturated carbocycles. The van der Waals surface area contributed by atoms with E-state index in [-0.39, 0.29) is 18.7 Å². The van der Waals surface area contributed by atoms with Crippen LogP contribution in [0.3, 0.4) is 0 Å². The van der Waals surface area contributed by atoms with E-state index in [1.54, 1.807) is 7.11 Å². The van der Waals surface area contributed by atoms with Gasteiger partial charge in [-0.15, -0.1) is 0 Å². The largest absolute Gasteiger partial charge is 0.495 e. The highest BCUT2D eigenvalue weighted by atomic mass is 16.5. The van der Waals surface area contributed by atoms with Crippen LogP contribution >= 0.6 is 0 Å². The van der Waals surface area contributed by atoms with Gasteiger partial charge < -0.3 is 24.8 Å². The Hall–Kier alpha value is -3.02. The highest BCUT2D eigenvalue weighted by Gasteiger charge is 2.39. The lowest BCUT2D eigenvalue weighted by molar-refractivity contribution is 0.252. The van der Waals surface area contributed by atoms with Gasteiger partial charge in [-0.05, 0) is 42.2 Å². The van der Waals surface area contributed by atoms with E-state index in [9.17, 15) is 5.11 Å². The first-order valence-electron chi connectivity index (χ1n) is 10.7. The molecule has 0 spiro atoms. The van der Waals surface area contributed by atoms with Crippen LogP contribution < -0.4 is 19.7 Å². The molecule has 2 N–H and O–H groups in total. The zero-order chi connectivity index (χ0) is 21.6. The van der Waals surface area contributed by atoms with Gasteiger partial charge in [0.2, 0.25) is 0 Å². The molecule has 1 aliphatic heterocycles. The van der Waals surface area contributed by atoms with Crippen LogP contribution in [0.25, 0.3) is 0 Å². The van der Waals surface area contributed by atoms with Crippen molar-refractivity contribution in [1.82, 2.24) is 5.32 Å². The second-order valence-corrected chi connectivity index (χ2v) is 7.92. The van der Waals surface area contributed by atoms with Crippen LogP contribution in [0.5, 0.6) is 17.2 Å². The quantitative estimate of drug-likeness (QED) is 0.558. The maximum absolute atomic E-state index is 9.67. The first-order valence-corrected chi connectivity index (χ1v) is 10.7. The van der Waals surface area contributed by atoms with Crippen molar-refractivity contribution in [2.24, 2.45) is 5.92 Å². The predicted octanol–water partition coefficient (Wildman–Crippen LogP) is 4.64. The number of aliphatic hydroxyl groups is 1. The van der Waals surface area contributed by atoms with Gasteiger partial charge in [0.05, 0.1) is 24.9 Å². The average molecular weight is 419 g/mol. The van der Waals surface area contributed by atoms with Crippen LogP contribution in [0.4, 0.5) is 5.69 Å². The summed E-state index contributed by atoms with van der Waals surface area (Å²) in [5, 5.41) is 13.3. The summed E-state index contributed by atoms with van der Waals surface area (Å²) in [4.78, 5) is 2.27. The van der Waals surface area contributed by atoms with Crippen molar-refractivity contribution >= 4 is 5.69 Å². The fourth-order valence-corrected chi connectivity index (χ4v) is 4.54. The maximum Gasteiger partial charge on any atom is 0.142 e. The lowest BCUT2D eigenvalue weighted by atomic mass is 9.90. The van der Waals surface area contributed by atoms with Crippen LogP contribution in [0.2, 0.25) is 0 Å². The van der Waals surface area contributed by atoms with Crippen molar-refractivity contribution in [2.45, 2.75) is 18.5 Å². The van der Waals surface area contributed by atoms with Crippen molar-refractivity contribution < 1.29 is 14.6 Å². The third kappa shape index (κ3) is 4.68. The summed E-state index contributed by atoms with van der Waals surface area (Å²) >= 11 is 0. The van der Waals surface area contributed by atoms with E-state index in [2.05, 4.69) is 41.5 Å². The van der Waals surface area contributed by atoms with E-state index in [4.69, 9.17) is 9.47 Å². The van der Waals surface area contributed by atoms with E-state index in [0.717, 1.165) is 35.9 Å². The molecule has 3 atom stereocenters. The van der Waals surface area contributed by atoms with Crippen LogP contribution in [-0.2, 0) is 0 Å². The molecule has 0 amide bonds. The first-order chi connectivity index (χ1) is 15.2. The molecule has 31 heavy (non-hydrogen) atoms. The Morgan fingerprint density at radius 3 is 2.35 bits per heavy atom. The second kappa shape index (κ2) is 9.86. The smallest absolute Gasteiger partial charge is 0.142 e. The number of benzene rings is 3. The molecule has 5 nitrogen and oxygen atoms in total. The molecule has 0 aliphatic carbocycles. The van der Waals surface area contributed by atoms with Crippen molar-refractivity contribution in [1.29, 1.82) is 0 Å². The third-order valence-electron chi connectivity index (χ3n) is 6.04. The van der Waals surface area contributed by atoms with Gasteiger partial charge in [-0.3, -0.25) is 0 Å². The molecule has 1 aliphatic rings. The number of methoxy groups -OCH3 is 1. The number of hydrogen-bond donors (Lipinski definition) is 2. The molecule has 0 bridgehead atoms. The molecule has 5 heteroatoms. The SMILES string of the molecule is COc1ccc(Oc2ccccc2)cc1N(C)C1C(CCO)CNC1c1ccccc1. The summed E-state index contributed by atoms with van der Waals surface area (Å²) in [5.74, 6) is 2.66. The Morgan fingerprint density at radius 1 is 0.968 bits per heavy atom. The van der Waals surface area contributed by atoms with Gasteiger partial charge in [-0.1, -0.05) is 48.5 Å². The van der Waals surface area contributed by atoms with E-state index in [0.29, 0.717) is 5.92 Å². The molecule has 1 saturated heterocycles. The highest BCUT2D eigenvalue weighted by Crippen LogP contribution is 2.40. The van der Waals surface area contributed by atoms with E-state index < -0.39 is 0 Å². The topological polar surface area (TPSA) is 54.0 Å². The maximum atomic E-state index is 9.67. The number of rotatable bonds is 8. The molecule has 0 radical (unpaired) electrons. The van der Waals surface area contributed by atoms with E-state index in [1.807, 2.05) is 54.6 Å². The van der Waals surface area contributed by atoms with Gasteiger partial charge in [0.15, 0.2) is 0 Å². The van der Waals surface area contributed by atoms with Gasteiger partial charge >= 0.3 is 0 Å². The van der Waals surface area contributed by atoms with Crippen LogP contribution in [-0.4, -0.2) is 38.5 Å². The van der Waals surface area contributed by atoms with Crippen molar-refractivity contribution in [3.05, 3.63) is 84.4 Å². The summed E-state index contributed by atoms with van der Waals surface area (Å²) in [6, 6.07) is 26.5. The normalized spacial score (nSPS) is 20.4. The van der Waals surface area contributed by atoms with Crippen LogP contribution in [0.1, 0.15) is 18.0 Å². The number of hydrogen-bond acceptors (Lipinski definition) is 5. The number of nitrogens with zero attached hydrogens (tertiary/aromatic N) is 1. The Labute approximate surface area is 184 Å². The lowest BCUT2D eigenvalue weighted by Gasteiger charge is -2.36. The van der Waals surface area contributed by atoms with Crippen molar-refractivity contribution in [3.63, 3.8) is 0 Å². The summed E-state index contributed by atoms with van der Waals surface area (Å²) in [6.45, 7) is 1.03. The predicted molar refractivity (Wildman–Crippen MR) is 124 cm³/mol. The number of likely N-dealkylation sites (N-methyl/N-ethyl adjacent to an activating group) is 1. The molecular formula is C26H30N2O3. The number of nitrogens with one attached hydrogen (secondary N) is 1. The number of para-hydroxylation sites is 1. The van der Waals surface area contributed by atoms with E-state index in [1.165, 1.54) is 5.56 Å². The standard InChI is InChI=1S/C26H30N2O3/c1-28(26-20(15-16-29)18-27-25(26)19-9-5-3-6-10-19)23-17-22(13-14-24(23)30-2)31-21-11-7-4-8-12-21/h3-14,17,20,25-27,29H,15-16,18H2,1-2H3. The fraction of sp³-hybridized carbons (Fsp3) is 0.308. The molecule has 3 unspecified atom stereocenters.